The summed E-state index contributed by atoms with van der Waals surface area (Å²) < 4.78 is 14.1. The Morgan fingerprint density at radius 1 is 0.223 bits per heavy atom. The van der Waals surface area contributed by atoms with Gasteiger partial charge in [-0.3, -0.25) is 0 Å². The molecule has 6 heterocycles. The number of hydrogen-bond donors (Lipinski definition) is 0. The lowest BCUT2D eigenvalue weighted by molar-refractivity contribution is 1.14. The molecule has 0 aliphatic heterocycles. The first-order valence-corrected chi connectivity index (χ1v) is 31.7. The van der Waals surface area contributed by atoms with E-state index in [1.165, 1.54) is 43.1 Å². The number of para-hydroxylation sites is 8. The molecule has 0 atom stereocenters. The van der Waals surface area contributed by atoms with Crippen molar-refractivity contribution in [2.75, 3.05) is 0 Å². The van der Waals surface area contributed by atoms with Crippen LogP contribution in [-0.4, -0.2) is 27.4 Å². The van der Waals surface area contributed by atoms with Crippen molar-refractivity contribution in [1.29, 1.82) is 5.26 Å². The number of nitriles is 1. The van der Waals surface area contributed by atoms with Crippen molar-refractivity contribution in [3.8, 4) is 51.3 Å². The summed E-state index contributed by atoms with van der Waals surface area (Å²) in [5, 5.41) is 25.4. The van der Waals surface area contributed by atoms with Crippen LogP contribution < -0.4 is 0 Å². The van der Waals surface area contributed by atoms with Gasteiger partial charge in [-0.05, 0) is 132 Å². The van der Waals surface area contributed by atoms with E-state index in [0.29, 0.717) is 22.4 Å². The molecule has 94 heavy (non-hydrogen) atoms. The molecule has 0 fully saturated rings. The molecule has 0 spiro atoms. The van der Waals surface area contributed by atoms with E-state index in [9.17, 15) is 5.26 Å². The van der Waals surface area contributed by atoms with Gasteiger partial charge < -0.3 is 27.4 Å². The highest BCUT2D eigenvalue weighted by Gasteiger charge is 2.24. The highest BCUT2D eigenvalue weighted by molar-refractivity contribution is 6.16. The summed E-state index contributed by atoms with van der Waals surface area (Å²) in [6, 6.07) is 111. The zero-order chi connectivity index (χ0) is 61.9. The largest absolute Gasteiger partial charge is 0.310 e. The first-order chi connectivity index (χ1) is 46.6. The van der Waals surface area contributed by atoms with Crippen molar-refractivity contribution in [3.63, 3.8) is 0 Å². The smallest absolute Gasteiger partial charge is 0.197 e. The molecule has 0 amide bonds. The predicted molar refractivity (Wildman–Crippen MR) is 389 cm³/mol. The molecule has 0 saturated carbocycles. The van der Waals surface area contributed by atoms with Gasteiger partial charge in [0.2, 0.25) is 0 Å². The summed E-state index contributed by atoms with van der Waals surface area (Å²) in [6.45, 7) is 8.99. The average Bonchev–Trinajstić information content (AvgIpc) is 1.64. The topological polar surface area (TPSA) is 57.7 Å². The molecule has 434 valence electrons. The lowest BCUT2D eigenvalue weighted by Crippen LogP contribution is -2.00. The number of rotatable bonds is 7. The normalized spacial score (nSPS) is 12.0. The van der Waals surface area contributed by atoms with Gasteiger partial charge in [0.15, 0.2) is 5.69 Å². The van der Waals surface area contributed by atoms with Gasteiger partial charge in [-0.2, -0.15) is 5.26 Å². The fourth-order valence-corrected chi connectivity index (χ4v) is 15.9. The van der Waals surface area contributed by atoms with Crippen LogP contribution in [0.4, 0.5) is 5.69 Å². The predicted octanol–water partition coefficient (Wildman–Crippen LogP) is 22.4. The molecule has 8 heteroatoms. The summed E-state index contributed by atoms with van der Waals surface area (Å²) in [4.78, 5) is 4.32. The van der Waals surface area contributed by atoms with Crippen molar-refractivity contribution in [2.45, 2.75) is 0 Å². The molecule has 20 aromatic rings. The molecular weight excluding hydrogens is 1150 g/mol. The molecule has 0 aliphatic rings. The van der Waals surface area contributed by atoms with E-state index >= 15 is 0 Å². The van der Waals surface area contributed by atoms with Crippen molar-refractivity contribution in [3.05, 3.63) is 320 Å². The Morgan fingerprint density at radius 3 is 0.702 bits per heavy atom. The van der Waals surface area contributed by atoms with Gasteiger partial charge in [-0.25, -0.2) is 4.85 Å². The Bertz CT molecular complexity index is 5810. The standard InChI is InChI=1S/C86H50N8/c1-88-74-47-55(94-85-50-58(91-79-30-14-6-22-66(79)67-23-7-15-31-80(67)91)38-44-72(85)73-45-39-59(51-86(73)94)92-81-32-16-8-24-68(81)69-25-9-17-33-82(69)92)35-41-61(74)60-40-34-54(46-53(60)52-87)93-83-48-56(89-75-26-10-2-18-62(75)63-19-3-11-27-76(63)89)36-42-70(83)71-43-37-57(49-84(71)93)90-77-28-12-4-20-64(77)65-21-5-13-29-78(65)90/h2-51H. The van der Waals surface area contributed by atoms with Crippen LogP contribution in [0.1, 0.15) is 5.56 Å². The maximum Gasteiger partial charge on any atom is 0.197 e. The Morgan fingerprint density at radius 2 is 0.436 bits per heavy atom. The maximum atomic E-state index is 11.5. The van der Waals surface area contributed by atoms with E-state index in [1.54, 1.807) is 0 Å². The van der Waals surface area contributed by atoms with Gasteiger partial charge in [0, 0.05) is 98.8 Å². The molecule has 20 rings (SSSR count). The van der Waals surface area contributed by atoms with E-state index in [1.807, 2.05) is 24.3 Å². The zero-order valence-corrected chi connectivity index (χ0v) is 50.4. The second kappa shape index (κ2) is 19.7. The molecule has 0 unspecified atom stereocenters. The van der Waals surface area contributed by atoms with E-state index in [0.717, 1.165) is 122 Å². The van der Waals surface area contributed by atoms with E-state index in [-0.39, 0.29) is 0 Å². The third kappa shape index (κ3) is 7.25. The molecule has 14 aromatic carbocycles. The fourth-order valence-electron chi connectivity index (χ4n) is 15.9. The third-order valence-electron chi connectivity index (χ3n) is 19.9. The number of fused-ring (bicyclic) bond motifs is 18. The van der Waals surface area contributed by atoms with Gasteiger partial charge >= 0.3 is 0 Å². The average molecular weight is 1200 g/mol. The molecule has 0 N–H and O–H groups in total. The fraction of sp³-hybridized carbons (Fsp3) is 0. The molecule has 8 nitrogen and oxygen atoms in total. The van der Waals surface area contributed by atoms with Crippen molar-refractivity contribution < 1.29 is 0 Å². The second-order valence-electron chi connectivity index (χ2n) is 24.6. The minimum absolute atomic E-state index is 0.442. The number of aromatic nitrogens is 6. The number of benzene rings is 14. The molecular formula is C86H50N8. The first-order valence-electron chi connectivity index (χ1n) is 31.7. The highest BCUT2D eigenvalue weighted by Crippen LogP contribution is 2.45. The summed E-state index contributed by atoms with van der Waals surface area (Å²) in [5.41, 5.74) is 21.1. The quantitative estimate of drug-likeness (QED) is 0.147. The monoisotopic (exact) mass is 1190 g/mol. The van der Waals surface area contributed by atoms with Crippen LogP contribution in [0.5, 0.6) is 0 Å². The number of hydrogen-bond acceptors (Lipinski definition) is 1. The second-order valence-corrected chi connectivity index (χ2v) is 24.6. The van der Waals surface area contributed by atoms with Gasteiger partial charge in [-0.1, -0.05) is 182 Å². The molecule has 0 aliphatic carbocycles. The molecule has 0 saturated heterocycles. The van der Waals surface area contributed by atoms with Crippen LogP contribution in [0, 0.1) is 17.9 Å². The van der Waals surface area contributed by atoms with Gasteiger partial charge in [0.05, 0.1) is 84.4 Å². The zero-order valence-electron chi connectivity index (χ0n) is 50.4. The molecule has 0 radical (unpaired) electrons. The summed E-state index contributed by atoms with van der Waals surface area (Å²) >= 11 is 0. The number of nitrogens with zero attached hydrogens (tertiary/aromatic N) is 8. The minimum Gasteiger partial charge on any atom is -0.310 e. The van der Waals surface area contributed by atoms with Crippen LogP contribution in [0.25, 0.3) is 181 Å². The van der Waals surface area contributed by atoms with Crippen molar-refractivity contribution in [2.24, 2.45) is 0 Å². The Balaban J connectivity index is 0.785. The van der Waals surface area contributed by atoms with Crippen LogP contribution in [0.2, 0.25) is 0 Å². The summed E-state index contributed by atoms with van der Waals surface area (Å²) in [7, 11) is 0. The van der Waals surface area contributed by atoms with E-state index < -0.39 is 0 Å². The first kappa shape index (κ1) is 51.7. The lowest BCUT2D eigenvalue weighted by atomic mass is 9.97. The van der Waals surface area contributed by atoms with Crippen LogP contribution in [0.15, 0.2) is 303 Å². The van der Waals surface area contributed by atoms with Gasteiger partial charge in [0.1, 0.15) is 0 Å². The van der Waals surface area contributed by atoms with Gasteiger partial charge in [0.25, 0.3) is 0 Å². The van der Waals surface area contributed by atoms with Gasteiger partial charge in [-0.15, -0.1) is 0 Å². The maximum absolute atomic E-state index is 11.5. The van der Waals surface area contributed by atoms with E-state index in [2.05, 4.69) is 317 Å². The Kier molecular flexibility index (Phi) is 10.8. The van der Waals surface area contributed by atoms with Crippen LogP contribution in [0.3, 0.4) is 0 Å². The van der Waals surface area contributed by atoms with Crippen LogP contribution in [-0.2, 0) is 0 Å². The third-order valence-corrected chi connectivity index (χ3v) is 19.9. The summed E-state index contributed by atoms with van der Waals surface area (Å²) in [6.07, 6.45) is 0. The Hall–Kier alpha value is -13.1. The SMILES string of the molecule is [C-]#[N+]c1cc(-n2c3cc(-n4c5ccccc5c5ccccc54)ccc3c3ccc(-n4c5ccccc5c5ccccc54)cc32)ccc1-c1ccc(-n2c3cc(-n4c5ccccc5c5ccccc54)ccc3c3ccc(-n4c5ccccc5c5ccccc54)cc32)cc1C#N. The van der Waals surface area contributed by atoms with Crippen molar-refractivity contribution in [1.82, 2.24) is 27.4 Å². The molecule has 6 aromatic heterocycles. The lowest BCUT2D eigenvalue weighted by Gasteiger charge is -2.16. The molecule has 0 bridgehead atoms. The van der Waals surface area contributed by atoms with Crippen molar-refractivity contribution >= 4 is 137 Å². The Labute approximate surface area is 537 Å². The highest BCUT2D eigenvalue weighted by atomic mass is 15.0. The van der Waals surface area contributed by atoms with E-state index in [4.69, 9.17) is 6.57 Å². The minimum atomic E-state index is 0.442. The van der Waals surface area contributed by atoms with Crippen LogP contribution >= 0.6 is 0 Å². The summed E-state index contributed by atoms with van der Waals surface area (Å²) in [5.74, 6) is 0.